The van der Waals surface area contributed by atoms with Crippen molar-refractivity contribution in [2.24, 2.45) is 5.73 Å². The van der Waals surface area contributed by atoms with Crippen LogP contribution in [-0.2, 0) is 11.2 Å². The minimum atomic E-state index is -1.02. The van der Waals surface area contributed by atoms with Crippen molar-refractivity contribution in [2.45, 2.75) is 12.5 Å². The zero-order chi connectivity index (χ0) is 13.8. The Bertz CT molecular complexity index is 565. The maximum atomic E-state index is 10.6. The number of carboxylic acids is 1. The van der Waals surface area contributed by atoms with E-state index in [1.165, 1.54) is 0 Å². The van der Waals surface area contributed by atoms with Gasteiger partial charge in [0.1, 0.15) is 6.04 Å². The summed E-state index contributed by atoms with van der Waals surface area (Å²) in [5, 5.41) is 18.0. The van der Waals surface area contributed by atoms with E-state index in [1.807, 2.05) is 0 Å². The molecular formula is C11H14N6O2. The Hall–Kier alpha value is -2.61. The van der Waals surface area contributed by atoms with Gasteiger partial charge in [0.2, 0.25) is 11.9 Å². The molecule has 1 aromatic heterocycles. The lowest BCUT2D eigenvalue weighted by Gasteiger charge is -2.07. The molecule has 0 aliphatic heterocycles. The molecule has 19 heavy (non-hydrogen) atoms. The van der Waals surface area contributed by atoms with Gasteiger partial charge >= 0.3 is 5.97 Å². The molecule has 8 heteroatoms. The summed E-state index contributed by atoms with van der Waals surface area (Å²) in [4.78, 5) is 14.5. The Morgan fingerprint density at radius 2 is 2.11 bits per heavy atom. The Kier molecular flexibility index (Phi) is 3.62. The molecule has 0 saturated heterocycles. The summed E-state index contributed by atoms with van der Waals surface area (Å²) in [5.74, 6) is -0.419. The molecule has 2 aromatic rings. The van der Waals surface area contributed by atoms with E-state index in [0.717, 1.165) is 11.3 Å². The van der Waals surface area contributed by atoms with E-state index in [0.29, 0.717) is 5.95 Å². The van der Waals surface area contributed by atoms with Crippen LogP contribution >= 0.6 is 0 Å². The molecule has 7 N–H and O–H groups in total. The molecule has 0 aliphatic carbocycles. The van der Waals surface area contributed by atoms with E-state index in [1.54, 1.807) is 24.3 Å². The van der Waals surface area contributed by atoms with Crippen LogP contribution in [-0.4, -0.2) is 32.3 Å². The molecule has 1 aromatic carbocycles. The molecule has 0 amide bonds. The monoisotopic (exact) mass is 262 g/mol. The van der Waals surface area contributed by atoms with Gasteiger partial charge in [0.05, 0.1) is 0 Å². The number of carbonyl (C=O) groups is 1. The first kappa shape index (κ1) is 12.8. The third-order valence-corrected chi connectivity index (χ3v) is 2.49. The first-order chi connectivity index (χ1) is 9.04. The second kappa shape index (κ2) is 5.36. The van der Waals surface area contributed by atoms with Crippen LogP contribution in [0.1, 0.15) is 5.56 Å². The lowest BCUT2D eigenvalue weighted by Crippen LogP contribution is -2.32. The topological polar surface area (TPSA) is 143 Å². The van der Waals surface area contributed by atoms with Crippen LogP contribution in [0.25, 0.3) is 0 Å². The number of carboxylic acid groups (broad SMARTS) is 1. The van der Waals surface area contributed by atoms with Crippen molar-refractivity contribution in [3.05, 3.63) is 29.8 Å². The highest BCUT2D eigenvalue weighted by atomic mass is 16.4. The quantitative estimate of drug-likeness (QED) is 0.513. The summed E-state index contributed by atoms with van der Waals surface area (Å²) >= 11 is 0. The summed E-state index contributed by atoms with van der Waals surface area (Å²) in [6.45, 7) is 0. The summed E-state index contributed by atoms with van der Waals surface area (Å²) in [6, 6.07) is 6.27. The van der Waals surface area contributed by atoms with E-state index in [4.69, 9.17) is 16.6 Å². The third-order valence-electron chi connectivity index (χ3n) is 2.49. The average molecular weight is 262 g/mol. The molecule has 0 bridgehead atoms. The fraction of sp³-hybridized carbons (Fsp3) is 0.182. The van der Waals surface area contributed by atoms with Gasteiger partial charge in [-0.15, -0.1) is 5.10 Å². The largest absolute Gasteiger partial charge is 0.480 e. The lowest BCUT2D eigenvalue weighted by molar-refractivity contribution is -0.138. The maximum Gasteiger partial charge on any atom is 0.320 e. The highest BCUT2D eigenvalue weighted by Gasteiger charge is 2.11. The number of aliphatic carboxylic acids is 1. The normalized spacial score (nSPS) is 12.1. The molecule has 0 spiro atoms. The number of nitrogens with two attached hydrogens (primary N) is 2. The summed E-state index contributed by atoms with van der Waals surface area (Å²) in [6.07, 6.45) is 0.281. The van der Waals surface area contributed by atoms with Gasteiger partial charge in [0.15, 0.2) is 0 Å². The minimum absolute atomic E-state index is 0.228. The van der Waals surface area contributed by atoms with Crippen molar-refractivity contribution >= 4 is 23.6 Å². The molecule has 100 valence electrons. The van der Waals surface area contributed by atoms with Gasteiger partial charge in [-0.25, -0.2) is 5.10 Å². The van der Waals surface area contributed by atoms with E-state index >= 15 is 0 Å². The van der Waals surface area contributed by atoms with Crippen molar-refractivity contribution in [1.82, 2.24) is 15.2 Å². The minimum Gasteiger partial charge on any atom is -0.480 e. The molecule has 0 aliphatic rings. The van der Waals surface area contributed by atoms with Crippen molar-refractivity contribution < 1.29 is 9.90 Å². The zero-order valence-corrected chi connectivity index (χ0v) is 10.00. The Labute approximate surface area is 108 Å². The third kappa shape index (κ3) is 3.42. The van der Waals surface area contributed by atoms with E-state index in [9.17, 15) is 4.79 Å². The van der Waals surface area contributed by atoms with Crippen LogP contribution < -0.4 is 16.8 Å². The second-order valence-electron chi connectivity index (χ2n) is 4.02. The van der Waals surface area contributed by atoms with Gasteiger partial charge in [-0.05, 0) is 24.1 Å². The van der Waals surface area contributed by atoms with Crippen LogP contribution in [0, 0.1) is 0 Å². The average Bonchev–Trinajstić information content (AvgIpc) is 2.77. The molecule has 1 atom stereocenters. The van der Waals surface area contributed by atoms with E-state index in [2.05, 4.69) is 20.5 Å². The van der Waals surface area contributed by atoms with Crippen LogP contribution in [0.2, 0.25) is 0 Å². The highest BCUT2D eigenvalue weighted by molar-refractivity contribution is 5.73. The number of rotatable bonds is 5. The lowest BCUT2D eigenvalue weighted by atomic mass is 10.1. The molecule has 0 radical (unpaired) electrons. The fourth-order valence-corrected chi connectivity index (χ4v) is 1.52. The number of anilines is 3. The number of nitrogens with one attached hydrogen (secondary N) is 2. The number of aromatic amines is 1. The fourth-order valence-electron chi connectivity index (χ4n) is 1.52. The molecular weight excluding hydrogens is 248 g/mol. The Morgan fingerprint density at radius 1 is 1.42 bits per heavy atom. The summed E-state index contributed by atoms with van der Waals surface area (Å²) in [5.41, 5.74) is 12.5. The highest BCUT2D eigenvalue weighted by Crippen LogP contribution is 2.14. The van der Waals surface area contributed by atoms with Crippen molar-refractivity contribution in [3.63, 3.8) is 0 Å². The van der Waals surface area contributed by atoms with Gasteiger partial charge in [-0.1, -0.05) is 12.1 Å². The van der Waals surface area contributed by atoms with Gasteiger partial charge in [0.25, 0.3) is 0 Å². The number of nitrogens with zero attached hydrogens (tertiary/aromatic N) is 2. The number of nitrogen functional groups attached to an aromatic ring is 1. The van der Waals surface area contributed by atoms with E-state index in [-0.39, 0.29) is 12.4 Å². The van der Waals surface area contributed by atoms with Gasteiger partial charge < -0.3 is 21.9 Å². The number of aromatic nitrogens is 3. The predicted octanol–water partition coefficient (Wildman–Crippen LogP) is 0.0849. The molecule has 1 unspecified atom stereocenters. The van der Waals surface area contributed by atoms with E-state index < -0.39 is 12.0 Å². The van der Waals surface area contributed by atoms with Crippen molar-refractivity contribution in [2.75, 3.05) is 11.1 Å². The molecule has 2 rings (SSSR count). The second-order valence-corrected chi connectivity index (χ2v) is 4.02. The van der Waals surface area contributed by atoms with Crippen LogP contribution in [0.15, 0.2) is 24.3 Å². The SMILES string of the molecule is Nc1nc(Nc2ccc(CC(N)C(=O)O)cc2)n[nH]1. The Balaban J connectivity index is 2.00. The first-order valence-corrected chi connectivity index (χ1v) is 5.57. The molecule has 1 heterocycles. The molecule has 0 fully saturated rings. The van der Waals surface area contributed by atoms with Crippen molar-refractivity contribution in [1.29, 1.82) is 0 Å². The number of hydrogen-bond donors (Lipinski definition) is 5. The summed E-state index contributed by atoms with van der Waals surface area (Å²) < 4.78 is 0. The molecule has 0 saturated carbocycles. The smallest absolute Gasteiger partial charge is 0.320 e. The first-order valence-electron chi connectivity index (χ1n) is 5.57. The number of hydrogen-bond acceptors (Lipinski definition) is 6. The van der Waals surface area contributed by atoms with Crippen molar-refractivity contribution in [3.8, 4) is 0 Å². The molecule has 8 nitrogen and oxygen atoms in total. The van der Waals surface area contributed by atoms with Crippen LogP contribution in [0.3, 0.4) is 0 Å². The van der Waals surface area contributed by atoms with Gasteiger partial charge in [-0.2, -0.15) is 4.98 Å². The number of H-pyrrole nitrogens is 1. The standard InChI is InChI=1S/C11H14N6O2/c12-8(9(18)19)5-6-1-3-7(4-2-6)14-11-15-10(13)16-17-11/h1-4,8H,5,12H2,(H,18,19)(H4,13,14,15,16,17). The van der Waals surface area contributed by atoms with Crippen LogP contribution in [0.4, 0.5) is 17.6 Å². The van der Waals surface area contributed by atoms with Crippen LogP contribution in [0.5, 0.6) is 0 Å². The zero-order valence-electron chi connectivity index (χ0n) is 10.00. The van der Waals surface area contributed by atoms with Gasteiger partial charge in [-0.3, -0.25) is 4.79 Å². The Morgan fingerprint density at radius 3 is 2.63 bits per heavy atom. The van der Waals surface area contributed by atoms with Gasteiger partial charge in [0, 0.05) is 5.69 Å². The summed E-state index contributed by atoms with van der Waals surface area (Å²) in [7, 11) is 0. The maximum absolute atomic E-state index is 10.6. The number of benzene rings is 1. The predicted molar refractivity (Wildman–Crippen MR) is 69.8 cm³/mol.